The molecule has 2 heterocycles. The molecule has 0 aromatic heterocycles. The third kappa shape index (κ3) is 16.2. The van der Waals surface area contributed by atoms with E-state index in [9.17, 15) is 14.7 Å². The van der Waals surface area contributed by atoms with E-state index in [0.717, 1.165) is 25.0 Å². The number of benzene rings is 3. The van der Waals surface area contributed by atoms with Crippen molar-refractivity contribution < 1.29 is 48.1 Å². The largest absolute Gasteiger partial charge is 0.489 e. The van der Waals surface area contributed by atoms with Gasteiger partial charge < -0.3 is 29.1 Å². The van der Waals surface area contributed by atoms with Gasteiger partial charge in [-0.2, -0.15) is 19.2 Å². The van der Waals surface area contributed by atoms with E-state index >= 15 is 0 Å². The Labute approximate surface area is 305 Å². The van der Waals surface area contributed by atoms with Crippen molar-refractivity contribution >= 4 is 24.5 Å². The summed E-state index contributed by atoms with van der Waals surface area (Å²) in [7, 11) is 0. The second kappa shape index (κ2) is 21.2. The zero-order valence-electron chi connectivity index (χ0n) is 30.7. The van der Waals surface area contributed by atoms with Gasteiger partial charge in [-0.25, -0.2) is 9.59 Å². The number of hydrogen-bond donors (Lipinski definition) is 1. The zero-order valence-corrected chi connectivity index (χ0v) is 30.7. The van der Waals surface area contributed by atoms with Gasteiger partial charge in [-0.15, -0.1) is 0 Å². The predicted octanol–water partition coefficient (Wildman–Crippen LogP) is 6.12. The third-order valence-corrected chi connectivity index (χ3v) is 7.70. The quantitative estimate of drug-likeness (QED) is 0.315. The number of ether oxygens (including phenoxy) is 3. The van der Waals surface area contributed by atoms with Gasteiger partial charge in [0.2, 0.25) is 0 Å². The number of likely N-dealkylation sites (tertiary alicyclic amines) is 2. The lowest BCUT2D eigenvalue weighted by Gasteiger charge is -2.28. The summed E-state index contributed by atoms with van der Waals surface area (Å²) in [6.45, 7) is 12.1. The van der Waals surface area contributed by atoms with E-state index in [2.05, 4.69) is 12.1 Å². The maximum Gasteiger partial charge on any atom is 0.410 e. The van der Waals surface area contributed by atoms with Gasteiger partial charge >= 0.3 is 24.5 Å². The Morgan fingerprint density at radius 2 is 1.00 bits per heavy atom. The van der Waals surface area contributed by atoms with Crippen molar-refractivity contribution in [3.05, 3.63) is 102 Å². The maximum atomic E-state index is 12.7. The second-order valence-corrected chi connectivity index (χ2v) is 14.3. The molecule has 5 rings (SSSR count). The molecule has 0 saturated carbocycles. The molecule has 2 amide bonds. The van der Waals surface area contributed by atoms with Crippen LogP contribution in [0.2, 0.25) is 0 Å². The van der Waals surface area contributed by atoms with E-state index in [1.807, 2.05) is 125 Å². The van der Waals surface area contributed by atoms with Crippen LogP contribution in [0.25, 0.3) is 0 Å². The Kier molecular flexibility index (Phi) is 17.5. The van der Waals surface area contributed by atoms with Crippen molar-refractivity contribution in [3.8, 4) is 5.75 Å². The van der Waals surface area contributed by atoms with E-state index < -0.39 is 17.3 Å². The molecule has 2 saturated heterocycles. The summed E-state index contributed by atoms with van der Waals surface area (Å²) in [5, 5.41) is 9.85. The van der Waals surface area contributed by atoms with Crippen LogP contribution in [-0.2, 0) is 41.5 Å². The molecule has 2 aliphatic rings. The average Bonchev–Trinajstić information content (AvgIpc) is 3.64. The number of nitrogens with zero attached hydrogens (tertiary/aromatic N) is 2. The highest BCUT2D eigenvalue weighted by Crippen LogP contribution is 2.28. The topological polar surface area (TPSA) is 157 Å². The van der Waals surface area contributed by atoms with Crippen molar-refractivity contribution in [2.24, 2.45) is 0 Å². The van der Waals surface area contributed by atoms with Crippen molar-refractivity contribution in [2.45, 2.75) is 103 Å². The third-order valence-electron chi connectivity index (χ3n) is 7.70. The summed E-state index contributed by atoms with van der Waals surface area (Å²) in [4.78, 5) is 60.9. The summed E-state index contributed by atoms with van der Waals surface area (Å²) in [5.74, 6) is 0.835. The van der Waals surface area contributed by atoms with E-state index in [1.165, 1.54) is 11.1 Å². The molecule has 12 nitrogen and oxygen atoms in total. The maximum absolute atomic E-state index is 12.7. The SMILES string of the molecule is CC(C)(C)OC(=O)N1C[C@@H](O)C[C@@H]1Cc1ccccc1.CC(C)(C)OC(=O)N1C[C@H](Oc2ccccc2)C[C@@H]1Cc1ccccc1.O=C=O.O=C=O. The first-order valence-electron chi connectivity index (χ1n) is 17.0. The molecule has 4 atom stereocenters. The van der Waals surface area contributed by atoms with Gasteiger partial charge in [0.25, 0.3) is 0 Å². The highest BCUT2D eigenvalue weighted by molar-refractivity contribution is 5.69. The Bertz CT molecular complexity index is 1550. The van der Waals surface area contributed by atoms with Crippen molar-refractivity contribution in [3.63, 3.8) is 0 Å². The zero-order chi connectivity index (χ0) is 38.7. The van der Waals surface area contributed by atoms with Crippen molar-refractivity contribution in [1.82, 2.24) is 9.80 Å². The first kappa shape index (κ1) is 42.9. The Hall–Kier alpha value is -5.28. The van der Waals surface area contributed by atoms with E-state index in [0.29, 0.717) is 19.5 Å². The summed E-state index contributed by atoms with van der Waals surface area (Å²) in [5.41, 5.74) is 1.36. The lowest BCUT2D eigenvalue weighted by Crippen LogP contribution is -2.41. The number of amides is 2. The van der Waals surface area contributed by atoms with E-state index in [1.54, 1.807) is 4.90 Å². The molecule has 3 aromatic rings. The predicted molar refractivity (Wildman–Crippen MR) is 190 cm³/mol. The van der Waals surface area contributed by atoms with E-state index in [-0.39, 0.29) is 42.7 Å². The van der Waals surface area contributed by atoms with Crippen LogP contribution in [0.5, 0.6) is 5.75 Å². The summed E-state index contributed by atoms with van der Waals surface area (Å²) >= 11 is 0. The fraction of sp³-hybridized carbons (Fsp3) is 0.450. The van der Waals surface area contributed by atoms with Gasteiger partial charge in [-0.05, 0) is 84.1 Å². The van der Waals surface area contributed by atoms with Gasteiger partial charge in [0, 0.05) is 18.5 Å². The van der Waals surface area contributed by atoms with Gasteiger partial charge in [0.15, 0.2) is 0 Å². The first-order valence-corrected chi connectivity index (χ1v) is 17.0. The molecular weight excluding hydrogens is 668 g/mol. The van der Waals surface area contributed by atoms with Crippen LogP contribution < -0.4 is 4.74 Å². The van der Waals surface area contributed by atoms with Crippen molar-refractivity contribution in [2.75, 3.05) is 13.1 Å². The first-order chi connectivity index (χ1) is 24.6. The van der Waals surface area contributed by atoms with Crippen LogP contribution in [0.4, 0.5) is 9.59 Å². The highest BCUT2D eigenvalue weighted by Gasteiger charge is 2.39. The Balaban J connectivity index is 0.000000321. The molecular formula is C40H50N2O10. The molecule has 2 aliphatic heterocycles. The van der Waals surface area contributed by atoms with Crippen LogP contribution in [0.15, 0.2) is 91.0 Å². The smallest absolute Gasteiger partial charge is 0.410 e. The fourth-order valence-electron chi connectivity index (χ4n) is 5.79. The normalized spacial score (nSPS) is 19.1. The van der Waals surface area contributed by atoms with Crippen LogP contribution >= 0.6 is 0 Å². The van der Waals surface area contributed by atoms with Gasteiger partial charge in [-0.3, -0.25) is 0 Å². The monoisotopic (exact) mass is 718 g/mol. The Morgan fingerprint density at radius 1 is 0.635 bits per heavy atom. The van der Waals surface area contributed by atoms with Crippen LogP contribution in [0, 0.1) is 0 Å². The lowest BCUT2D eigenvalue weighted by atomic mass is 10.0. The molecule has 2 fully saturated rings. The van der Waals surface area contributed by atoms with Gasteiger partial charge in [0.05, 0.1) is 19.2 Å². The fourth-order valence-corrected chi connectivity index (χ4v) is 5.79. The number of aliphatic hydroxyl groups excluding tert-OH is 1. The number of para-hydroxylation sites is 1. The molecule has 0 bridgehead atoms. The van der Waals surface area contributed by atoms with Gasteiger partial charge in [-0.1, -0.05) is 78.9 Å². The second-order valence-electron chi connectivity index (χ2n) is 14.3. The number of rotatable bonds is 6. The average molecular weight is 719 g/mol. The lowest BCUT2D eigenvalue weighted by molar-refractivity contribution is -0.193. The highest BCUT2D eigenvalue weighted by atomic mass is 16.6. The molecule has 0 spiro atoms. The number of aliphatic hydroxyl groups is 1. The number of carbonyl (C=O) groups excluding carboxylic acids is 6. The number of carbonyl (C=O) groups is 2. The summed E-state index contributed by atoms with van der Waals surface area (Å²) in [6, 6.07) is 30.1. The number of hydrogen-bond acceptors (Lipinski definition) is 10. The molecule has 12 heteroatoms. The minimum Gasteiger partial charge on any atom is -0.489 e. The molecule has 0 unspecified atom stereocenters. The van der Waals surface area contributed by atoms with Crippen LogP contribution in [0.1, 0.15) is 65.5 Å². The van der Waals surface area contributed by atoms with Gasteiger partial charge in [0.1, 0.15) is 23.1 Å². The minimum absolute atomic E-state index is 0.00208. The van der Waals surface area contributed by atoms with Crippen molar-refractivity contribution in [1.29, 1.82) is 0 Å². The molecule has 280 valence electrons. The summed E-state index contributed by atoms with van der Waals surface area (Å²) < 4.78 is 17.1. The summed E-state index contributed by atoms with van der Waals surface area (Å²) in [6.07, 6.45) is 2.35. The van der Waals surface area contributed by atoms with Crippen LogP contribution in [-0.4, -0.2) is 88.0 Å². The molecule has 0 aliphatic carbocycles. The standard InChI is InChI=1S/C22H27NO3.C16H23NO3.2CO2/c1-22(2,3)26-21(24)23-16-20(25-19-12-8-5-9-13-19)15-18(23)14-17-10-6-4-7-11-17;1-16(2,3)20-15(19)17-11-14(18)10-13(17)9-12-7-5-4-6-8-12;2*2-1-3/h4-13,18,20H,14-16H2,1-3H3;4-8,13-14,18H,9-11H2,1-3H3;;/t18-,20+;13-,14-;;/m00../s1. The number of β-amino-alcohol motifs (C(OH)–C–C–N with tert-alkyl or cyclic N) is 1. The molecule has 0 radical (unpaired) electrons. The molecule has 52 heavy (non-hydrogen) atoms. The van der Waals surface area contributed by atoms with Crippen LogP contribution in [0.3, 0.4) is 0 Å². The molecule has 1 N–H and O–H groups in total. The minimum atomic E-state index is -0.512. The Morgan fingerprint density at radius 3 is 1.40 bits per heavy atom. The van der Waals surface area contributed by atoms with E-state index in [4.69, 9.17) is 33.4 Å². The molecule has 3 aromatic carbocycles.